The first-order chi connectivity index (χ1) is 8.77. The number of nitrogens with one attached hydrogen (secondary N) is 1. The molecular formula is C14H25N3O. The minimum Gasteiger partial charge on any atom is -0.380 e. The van der Waals surface area contributed by atoms with E-state index in [0.29, 0.717) is 0 Å². The molecule has 4 nitrogen and oxygen atoms in total. The highest BCUT2D eigenvalue weighted by molar-refractivity contribution is 5.45. The van der Waals surface area contributed by atoms with E-state index in [0.717, 1.165) is 45.0 Å². The molecule has 0 aliphatic heterocycles. The summed E-state index contributed by atoms with van der Waals surface area (Å²) in [4.78, 5) is 6.56. The first kappa shape index (κ1) is 14.9. The summed E-state index contributed by atoms with van der Waals surface area (Å²) in [6.07, 6.45) is 3.02. The molecule has 18 heavy (non-hydrogen) atoms. The highest BCUT2D eigenvalue weighted by atomic mass is 16.5. The van der Waals surface area contributed by atoms with E-state index >= 15 is 0 Å². The van der Waals surface area contributed by atoms with Gasteiger partial charge in [-0.15, -0.1) is 0 Å². The summed E-state index contributed by atoms with van der Waals surface area (Å²) in [6, 6.07) is 4.17. The van der Waals surface area contributed by atoms with Crippen LogP contribution in [0, 0.1) is 0 Å². The number of aromatic nitrogens is 1. The smallest absolute Gasteiger partial charge is 0.0641 e. The molecule has 0 bridgehead atoms. The molecule has 0 amide bonds. The summed E-state index contributed by atoms with van der Waals surface area (Å²) < 4.78 is 5.37. The molecule has 1 aromatic heterocycles. The molecule has 1 N–H and O–H groups in total. The van der Waals surface area contributed by atoms with Gasteiger partial charge in [-0.3, -0.25) is 4.98 Å². The minimum absolute atomic E-state index is 0.763. The Morgan fingerprint density at radius 3 is 2.94 bits per heavy atom. The summed E-state index contributed by atoms with van der Waals surface area (Å²) >= 11 is 0. The summed E-state index contributed by atoms with van der Waals surface area (Å²) in [5.41, 5.74) is 2.28. The molecule has 4 heteroatoms. The first-order valence-corrected chi connectivity index (χ1v) is 6.72. The van der Waals surface area contributed by atoms with Gasteiger partial charge >= 0.3 is 0 Å². The van der Waals surface area contributed by atoms with Gasteiger partial charge in [0.2, 0.25) is 0 Å². The van der Waals surface area contributed by atoms with Crippen LogP contribution in [0.25, 0.3) is 0 Å². The molecule has 1 rings (SSSR count). The van der Waals surface area contributed by atoms with Gasteiger partial charge in [0.25, 0.3) is 0 Å². The number of hydrogen-bond donors (Lipinski definition) is 1. The Bertz CT molecular complexity index is 331. The maximum atomic E-state index is 5.37. The predicted octanol–water partition coefficient (Wildman–Crippen LogP) is 2.05. The quantitative estimate of drug-likeness (QED) is 0.682. The van der Waals surface area contributed by atoms with Gasteiger partial charge in [-0.05, 0) is 32.0 Å². The molecule has 0 radical (unpaired) electrons. The fourth-order valence-corrected chi connectivity index (χ4v) is 1.67. The topological polar surface area (TPSA) is 37.4 Å². The normalized spacial score (nSPS) is 10.6. The molecule has 0 fully saturated rings. The Kier molecular flexibility index (Phi) is 7.37. The largest absolute Gasteiger partial charge is 0.380 e. The zero-order valence-electron chi connectivity index (χ0n) is 11.8. The molecule has 102 valence electrons. The predicted molar refractivity (Wildman–Crippen MR) is 76.0 cm³/mol. The zero-order valence-corrected chi connectivity index (χ0v) is 11.8. The van der Waals surface area contributed by atoms with Gasteiger partial charge < -0.3 is 15.0 Å². The number of pyridine rings is 1. The number of anilines is 1. The highest BCUT2D eigenvalue weighted by Gasteiger charge is 2.02. The lowest BCUT2D eigenvalue weighted by Crippen LogP contribution is -2.23. The van der Waals surface area contributed by atoms with Crippen LogP contribution >= 0.6 is 0 Å². The van der Waals surface area contributed by atoms with Crippen molar-refractivity contribution in [1.82, 2.24) is 10.3 Å². The maximum absolute atomic E-state index is 5.37. The van der Waals surface area contributed by atoms with Crippen LogP contribution in [-0.4, -0.2) is 38.3 Å². The van der Waals surface area contributed by atoms with Crippen LogP contribution in [0.3, 0.4) is 0 Å². The van der Waals surface area contributed by atoms with Crippen LogP contribution in [0.5, 0.6) is 0 Å². The molecule has 0 spiro atoms. The Morgan fingerprint density at radius 1 is 1.39 bits per heavy atom. The molecule has 1 aromatic rings. The third-order valence-electron chi connectivity index (χ3n) is 2.75. The number of likely N-dealkylation sites (N-methyl/N-ethyl adjacent to an activating group) is 1. The van der Waals surface area contributed by atoms with Crippen LogP contribution in [0.1, 0.15) is 26.0 Å². The Balaban J connectivity index is 2.47. The fraction of sp³-hybridized carbons (Fsp3) is 0.643. The summed E-state index contributed by atoms with van der Waals surface area (Å²) in [7, 11) is 2.08. The van der Waals surface area contributed by atoms with Gasteiger partial charge in [-0.25, -0.2) is 0 Å². The van der Waals surface area contributed by atoms with Crippen LogP contribution in [-0.2, 0) is 11.3 Å². The molecule has 1 heterocycles. The molecule has 0 aromatic carbocycles. The number of hydrogen-bond acceptors (Lipinski definition) is 4. The number of ether oxygens (including phenoxy) is 1. The lowest BCUT2D eigenvalue weighted by Gasteiger charge is -2.19. The Labute approximate surface area is 110 Å². The molecule has 0 unspecified atom stereocenters. The van der Waals surface area contributed by atoms with Crippen molar-refractivity contribution in [2.45, 2.75) is 26.8 Å². The van der Waals surface area contributed by atoms with Crippen LogP contribution in [0.15, 0.2) is 18.3 Å². The van der Waals surface area contributed by atoms with Crippen molar-refractivity contribution >= 4 is 5.69 Å². The molecule has 0 aliphatic rings. The zero-order chi connectivity index (χ0) is 13.2. The van der Waals surface area contributed by atoms with Crippen molar-refractivity contribution in [2.75, 3.05) is 38.3 Å². The van der Waals surface area contributed by atoms with Gasteiger partial charge in [0.05, 0.1) is 12.3 Å². The highest BCUT2D eigenvalue weighted by Crippen LogP contribution is 2.12. The third-order valence-corrected chi connectivity index (χ3v) is 2.75. The van der Waals surface area contributed by atoms with Gasteiger partial charge in [-0.2, -0.15) is 0 Å². The second-order valence-electron chi connectivity index (χ2n) is 4.30. The second kappa shape index (κ2) is 8.89. The van der Waals surface area contributed by atoms with Gasteiger partial charge in [0.1, 0.15) is 0 Å². The summed E-state index contributed by atoms with van der Waals surface area (Å²) in [5.74, 6) is 0. The number of nitrogens with zero attached hydrogens (tertiary/aromatic N) is 2. The van der Waals surface area contributed by atoms with E-state index in [-0.39, 0.29) is 0 Å². The van der Waals surface area contributed by atoms with E-state index in [2.05, 4.69) is 35.2 Å². The molecule has 0 saturated heterocycles. The maximum Gasteiger partial charge on any atom is 0.0641 e. The Hall–Kier alpha value is -1.13. The van der Waals surface area contributed by atoms with Crippen molar-refractivity contribution in [3.8, 4) is 0 Å². The van der Waals surface area contributed by atoms with Crippen LogP contribution < -0.4 is 10.2 Å². The SMILES string of the molecule is CCCNCc1cc(N(C)CCOCC)ccn1. The van der Waals surface area contributed by atoms with E-state index < -0.39 is 0 Å². The standard InChI is InChI=1S/C14H25N3O/c1-4-7-15-12-13-11-14(6-8-16-13)17(3)9-10-18-5-2/h6,8,11,15H,4-5,7,9-10,12H2,1-3H3. The van der Waals surface area contributed by atoms with E-state index in [1.165, 1.54) is 5.69 Å². The van der Waals surface area contributed by atoms with Crippen LogP contribution in [0.4, 0.5) is 5.69 Å². The lowest BCUT2D eigenvalue weighted by molar-refractivity contribution is 0.154. The third kappa shape index (κ3) is 5.47. The average Bonchev–Trinajstić information content (AvgIpc) is 2.39. The van der Waals surface area contributed by atoms with E-state index in [1.807, 2.05) is 19.2 Å². The molecule has 0 aliphatic carbocycles. The average molecular weight is 251 g/mol. The molecule has 0 saturated carbocycles. The summed E-state index contributed by atoms with van der Waals surface area (Å²) in [6.45, 7) is 8.49. The van der Waals surface area contributed by atoms with E-state index in [9.17, 15) is 0 Å². The molecular weight excluding hydrogens is 226 g/mol. The van der Waals surface area contributed by atoms with Crippen LogP contribution in [0.2, 0.25) is 0 Å². The number of rotatable bonds is 9. The monoisotopic (exact) mass is 251 g/mol. The van der Waals surface area contributed by atoms with Crippen molar-refractivity contribution in [3.63, 3.8) is 0 Å². The first-order valence-electron chi connectivity index (χ1n) is 6.72. The Morgan fingerprint density at radius 2 is 2.22 bits per heavy atom. The second-order valence-corrected chi connectivity index (χ2v) is 4.30. The van der Waals surface area contributed by atoms with E-state index in [4.69, 9.17) is 4.74 Å². The van der Waals surface area contributed by atoms with Crippen molar-refractivity contribution in [1.29, 1.82) is 0 Å². The summed E-state index contributed by atoms with van der Waals surface area (Å²) in [5, 5.41) is 3.36. The molecule has 0 atom stereocenters. The van der Waals surface area contributed by atoms with Crippen molar-refractivity contribution < 1.29 is 4.74 Å². The van der Waals surface area contributed by atoms with Gasteiger partial charge in [0, 0.05) is 38.6 Å². The lowest BCUT2D eigenvalue weighted by atomic mass is 10.3. The van der Waals surface area contributed by atoms with Crippen molar-refractivity contribution in [3.05, 3.63) is 24.0 Å². The van der Waals surface area contributed by atoms with Gasteiger partial charge in [-0.1, -0.05) is 6.92 Å². The van der Waals surface area contributed by atoms with E-state index in [1.54, 1.807) is 0 Å². The van der Waals surface area contributed by atoms with Gasteiger partial charge in [0.15, 0.2) is 0 Å². The minimum atomic E-state index is 0.763. The fourth-order valence-electron chi connectivity index (χ4n) is 1.67. The van der Waals surface area contributed by atoms with Crippen molar-refractivity contribution in [2.24, 2.45) is 0 Å².